The molecule has 2 aromatic carbocycles. The molecule has 0 unspecified atom stereocenters. The topological polar surface area (TPSA) is 64.1 Å². The van der Waals surface area contributed by atoms with E-state index in [1.54, 1.807) is 42.7 Å². The van der Waals surface area contributed by atoms with Crippen LogP contribution in [0.3, 0.4) is 0 Å². The molecule has 0 saturated carbocycles. The van der Waals surface area contributed by atoms with Crippen molar-refractivity contribution in [3.8, 4) is 11.8 Å². The van der Waals surface area contributed by atoms with E-state index < -0.39 is 0 Å². The van der Waals surface area contributed by atoms with Crippen molar-refractivity contribution in [1.82, 2.24) is 15.3 Å². The molecule has 3 aromatic rings. The second-order valence-corrected chi connectivity index (χ2v) is 5.27. The summed E-state index contributed by atoms with van der Waals surface area (Å²) >= 11 is 0. The standard InChI is InChI=1S/C19H17N3O2/c1-14(15-7-3-2-4-8-15)22-18(23)16-9-5-10-17(13-16)24-19-20-11-6-12-21-19/h2-14H,1H3,(H,22,23)/t14-/m1/s1. The molecule has 1 amide bonds. The Hall–Kier alpha value is -3.21. The Kier molecular flexibility index (Phi) is 4.81. The Bertz CT molecular complexity index is 807. The molecule has 5 heteroatoms. The number of amides is 1. The van der Waals surface area contributed by atoms with E-state index in [9.17, 15) is 4.79 Å². The fraction of sp³-hybridized carbons (Fsp3) is 0.105. The molecule has 1 N–H and O–H groups in total. The first kappa shape index (κ1) is 15.7. The van der Waals surface area contributed by atoms with Gasteiger partial charge in [0, 0.05) is 18.0 Å². The Morgan fingerprint density at radius 2 is 1.75 bits per heavy atom. The van der Waals surface area contributed by atoms with E-state index in [1.807, 2.05) is 37.3 Å². The molecule has 1 aromatic heterocycles. The van der Waals surface area contributed by atoms with Gasteiger partial charge in [-0.1, -0.05) is 36.4 Å². The van der Waals surface area contributed by atoms with Gasteiger partial charge in [-0.3, -0.25) is 4.79 Å². The van der Waals surface area contributed by atoms with Crippen molar-refractivity contribution in [3.63, 3.8) is 0 Å². The van der Waals surface area contributed by atoms with Crippen LogP contribution in [0, 0.1) is 0 Å². The molecule has 24 heavy (non-hydrogen) atoms. The predicted molar refractivity (Wildman–Crippen MR) is 90.9 cm³/mol. The Balaban J connectivity index is 1.70. The van der Waals surface area contributed by atoms with Gasteiger partial charge in [-0.25, -0.2) is 9.97 Å². The largest absolute Gasteiger partial charge is 0.424 e. The molecule has 0 spiro atoms. The second kappa shape index (κ2) is 7.37. The van der Waals surface area contributed by atoms with Crippen LogP contribution in [0.15, 0.2) is 73.1 Å². The quantitative estimate of drug-likeness (QED) is 0.777. The highest BCUT2D eigenvalue weighted by molar-refractivity contribution is 5.94. The Morgan fingerprint density at radius 1 is 1.00 bits per heavy atom. The third kappa shape index (κ3) is 3.95. The fourth-order valence-electron chi connectivity index (χ4n) is 2.25. The summed E-state index contributed by atoms with van der Waals surface area (Å²) in [5.41, 5.74) is 1.57. The molecule has 3 rings (SSSR count). The van der Waals surface area contributed by atoms with Crippen LogP contribution in [0.4, 0.5) is 0 Å². The summed E-state index contributed by atoms with van der Waals surface area (Å²) in [6.07, 6.45) is 3.20. The third-order valence-electron chi connectivity index (χ3n) is 3.49. The molecule has 0 saturated heterocycles. The lowest BCUT2D eigenvalue weighted by Crippen LogP contribution is -2.26. The second-order valence-electron chi connectivity index (χ2n) is 5.27. The lowest BCUT2D eigenvalue weighted by Gasteiger charge is -2.14. The van der Waals surface area contributed by atoms with E-state index in [1.165, 1.54) is 0 Å². The molecular weight excluding hydrogens is 302 g/mol. The van der Waals surface area contributed by atoms with Crippen LogP contribution >= 0.6 is 0 Å². The molecule has 1 atom stereocenters. The first-order valence-corrected chi connectivity index (χ1v) is 7.63. The minimum atomic E-state index is -0.161. The number of aromatic nitrogens is 2. The SMILES string of the molecule is C[C@@H](NC(=O)c1cccc(Oc2ncccn2)c1)c1ccccc1. The summed E-state index contributed by atoms with van der Waals surface area (Å²) in [6, 6.07) is 18.6. The first-order chi connectivity index (χ1) is 11.7. The minimum absolute atomic E-state index is 0.0827. The smallest absolute Gasteiger partial charge is 0.321 e. The summed E-state index contributed by atoms with van der Waals surface area (Å²) in [5, 5.41) is 2.98. The monoisotopic (exact) mass is 319 g/mol. The van der Waals surface area contributed by atoms with Crippen molar-refractivity contribution >= 4 is 5.91 Å². The maximum absolute atomic E-state index is 12.4. The van der Waals surface area contributed by atoms with Crippen LogP contribution in [-0.4, -0.2) is 15.9 Å². The highest BCUT2D eigenvalue weighted by atomic mass is 16.5. The molecule has 1 heterocycles. The molecule has 0 aliphatic rings. The number of nitrogens with one attached hydrogen (secondary N) is 1. The van der Waals surface area contributed by atoms with Gasteiger partial charge in [-0.2, -0.15) is 0 Å². The zero-order valence-electron chi connectivity index (χ0n) is 13.2. The summed E-state index contributed by atoms with van der Waals surface area (Å²) in [4.78, 5) is 20.4. The molecule has 5 nitrogen and oxygen atoms in total. The van der Waals surface area contributed by atoms with Gasteiger partial charge in [0.05, 0.1) is 6.04 Å². The number of carbonyl (C=O) groups is 1. The molecule has 0 fully saturated rings. The van der Waals surface area contributed by atoms with Gasteiger partial charge in [0.2, 0.25) is 0 Å². The lowest BCUT2D eigenvalue weighted by atomic mass is 10.1. The normalized spacial score (nSPS) is 11.5. The Labute approximate surface area is 140 Å². The first-order valence-electron chi connectivity index (χ1n) is 7.63. The predicted octanol–water partition coefficient (Wildman–Crippen LogP) is 3.76. The molecule has 120 valence electrons. The number of ether oxygens (including phenoxy) is 1. The summed E-state index contributed by atoms with van der Waals surface area (Å²) in [7, 11) is 0. The Morgan fingerprint density at radius 3 is 2.50 bits per heavy atom. The van der Waals surface area contributed by atoms with Gasteiger partial charge < -0.3 is 10.1 Å². The number of benzene rings is 2. The van der Waals surface area contributed by atoms with Crippen molar-refractivity contribution in [2.75, 3.05) is 0 Å². The van der Waals surface area contributed by atoms with E-state index in [0.29, 0.717) is 11.3 Å². The number of rotatable bonds is 5. The van der Waals surface area contributed by atoms with Crippen LogP contribution in [0.25, 0.3) is 0 Å². The van der Waals surface area contributed by atoms with Gasteiger partial charge in [-0.05, 0) is 36.8 Å². The van der Waals surface area contributed by atoms with Crippen LogP contribution in [0.1, 0.15) is 28.9 Å². The van der Waals surface area contributed by atoms with Gasteiger partial charge in [0.15, 0.2) is 0 Å². The van der Waals surface area contributed by atoms with E-state index in [4.69, 9.17) is 4.74 Å². The maximum Gasteiger partial charge on any atom is 0.321 e. The number of hydrogen-bond acceptors (Lipinski definition) is 4. The highest BCUT2D eigenvalue weighted by Gasteiger charge is 2.12. The van der Waals surface area contributed by atoms with Gasteiger partial charge >= 0.3 is 6.01 Å². The summed E-state index contributed by atoms with van der Waals surface area (Å²) < 4.78 is 5.56. The van der Waals surface area contributed by atoms with Gasteiger partial charge in [0.25, 0.3) is 5.91 Å². The average molecular weight is 319 g/mol. The molecule has 0 bridgehead atoms. The summed E-state index contributed by atoms with van der Waals surface area (Å²) in [5.74, 6) is 0.354. The minimum Gasteiger partial charge on any atom is -0.424 e. The lowest BCUT2D eigenvalue weighted by molar-refractivity contribution is 0.0939. The molecule has 0 aliphatic heterocycles. The fourth-order valence-corrected chi connectivity index (χ4v) is 2.25. The molecule has 0 aliphatic carbocycles. The van der Waals surface area contributed by atoms with Crippen LogP contribution < -0.4 is 10.1 Å². The molecular formula is C19H17N3O2. The van der Waals surface area contributed by atoms with E-state index in [0.717, 1.165) is 5.56 Å². The van der Waals surface area contributed by atoms with Crippen molar-refractivity contribution in [2.45, 2.75) is 13.0 Å². The highest BCUT2D eigenvalue weighted by Crippen LogP contribution is 2.19. The van der Waals surface area contributed by atoms with Crippen LogP contribution in [0.5, 0.6) is 11.8 Å². The van der Waals surface area contributed by atoms with Crippen molar-refractivity contribution in [2.24, 2.45) is 0 Å². The number of hydrogen-bond donors (Lipinski definition) is 1. The number of carbonyl (C=O) groups excluding carboxylic acids is 1. The van der Waals surface area contributed by atoms with E-state index in [2.05, 4.69) is 15.3 Å². The van der Waals surface area contributed by atoms with Crippen molar-refractivity contribution in [1.29, 1.82) is 0 Å². The number of nitrogens with zero attached hydrogens (tertiary/aromatic N) is 2. The van der Waals surface area contributed by atoms with Crippen LogP contribution in [0.2, 0.25) is 0 Å². The van der Waals surface area contributed by atoms with Gasteiger partial charge in [0.1, 0.15) is 5.75 Å². The van der Waals surface area contributed by atoms with Crippen LogP contribution in [-0.2, 0) is 0 Å². The average Bonchev–Trinajstić information content (AvgIpc) is 2.63. The van der Waals surface area contributed by atoms with Crippen molar-refractivity contribution < 1.29 is 9.53 Å². The zero-order valence-corrected chi connectivity index (χ0v) is 13.2. The zero-order chi connectivity index (χ0) is 16.8. The molecule has 0 radical (unpaired) electrons. The summed E-state index contributed by atoms with van der Waals surface area (Å²) in [6.45, 7) is 1.95. The van der Waals surface area contributed by atoms with E-state index in [-0.39, 0.29) is 18.0 Å². The van der Waals surface area contributed by atoms with Gasteiger partial charge in [-0.15, -0.1) is 0 Å². The third-order valence-corrected chi connectivity index (χ3v) is 3.49. The van der Waals surface area contributed by atoms with E-state index >= 15 is 0 Å². The van der Waals surface area contributed by atoms with Crippen molar-refractivity contribution in [3.05, 3.63) is 84.2 Å². The maximum atomic E-state index is 12.4.